The summed E-state index contributed by atoms with van der Waals surface area (Å²) in [5.74, 6) is -1.45. The average Bonchev–Trinajstić information content (AvgIpc) is 2.41. The molecule has 0 spiro atoms. The molecule has 0 aliphatic carbocycles. The van der Waals surface area contributed by atoms with Gasteiger partial charge < -0.3 is 10.6 Å². The smallest absolute Gasteiger partial charge is 0.255 e. The minimum Gasteiger partial charge on any atom is -0.369 e. The van der Waals surface area contributed by atoms with E-state index in [2.05, 4.69) is 15.9 Å². The molecule has 1 aliphatic rings. The van der Waals surface area contributed by atoms with Gasteiger partial charge in [-0.25, -0.2) is 4.39 Å². The number of primary amides is 1. The van der Waals surface area contributed by atoms with Crippen LogP contribution in [0.2, 0.25) is 0 Å². The van der Waals surface area contributed by atoms with Gasteiger partial charge in [-0.3, -0.25) is 9.59 Å². The van der Waals surface area contributed by atoms with Crippen molar-refractivity contribution in [3.05, 3.63) is 34.1 Å². The summed E-state index contributed by atoms with van der Waals surface area (Å²) in [6.07, 6.45) is 1.43. The summed E-state index contributed by atoms with van der Waals surface area (Å²) in [7, 11) is 0. The number of hydrogen-bond donors (Lipinski definition) is 1. The van der Waals surface area contributed by atoms with Gasteiger partial charge >= 0.3 is 0 Å². The first kappa shape index (κ1) is 14.0. The molecule has 1 fully saturated rings. The van der Waals surface area contributed by atoms with Crippen molar-refractivity contribution in [2.24, 2.45) is 11.7 Å². The predicted molar refractivity (Wildman–Crippen MR) is 71.9 cm³/mol. The molecule has 1 saturated heterocycles. The number of likely N-dealkylation sites (tertiary alicyclic amines) is 1. The highest BCUT2D eigenvalue weighted by Crippen LogP contribution is 2.23. The maximum atomic E-state index is 13.2. The molecule has 0 radical (unpaired) electrons. The van der Waals surface area contributed by atoms with E-state index < -0.39 is 11.7 Å². The summed E-state index contributed by atoms with van der Waals surface area (Å²) in [6, 6.07) is 3.97. The quantitative estimate of drug-likeness (QED) is 0.901. The predicted octanol–water partition coefficient (Wildman–Crippen LogP) is 1.93. The Labute approximate surface area is 118 Å². The minimum absolute atomic E-state index is 0.269. The third kappa shape index (κ3) is 3.12. The molecular weight excluding hydrogens is 315 g/mol. The van der Waals surface area contributed by atoms with Gasteiger partial charge in [0.2, 0.25) is 5.91 Å². The standard InChI is InChI=1S/C13H14BrFN2O2/c14-11-4-3-9(15)6-10(11)13(19)17-5-1-2-8(7-17)12(16)18/h3-4,6,8H,1-2,5,7H2,(H2,16,18). The van der Waals surface area contributed by atoms with Crippen LogP contribution in [0.15, 0.2) is 22.7 Å². The molecular formula is C13H14BrFN2O2. The summed E-state index contributed by atoms with van der Waals surface area (Å²) in [5.41, 5.74) is 5.54. The Hall–Kier alpha value is -1.43. The Bertz CT molecular complexity index is 521. The number of hydrogen-bond acceptors (Lipinski definition) is 2. The molecule has 102 valence electrons. The van der Waals surface area contributed by atoms with E-state index in [4.69, 9.17) is 5.73 Å². The molecule has 0 aromatic heterocycles. The van der Waals surface area contributed by atoms with Crippen molar-refractivity contribution in [2.75, 3.05) is 13.1 Å². The van der Waals surface area contributed by atoms with E-state index in [0.29, 0.717) is 24.0 Å². The zero-order valence-electron chi connectivity index (χ0n) is 10.2. The number of rotatable bonds is 2. The Morgan fingerprint density at radius 1 is 1.42 bits per heavy atom. The molecule has 2 N–H and O–H groups in total. The summed E-state index contributed by atoms with van der Waals surface area (Å²) >= 11 is 3.24. The van der Waals surface area contributed by atoms with Crippen LogP contribution in [-0.2, 0) is 4.79 Å². The second-order valence-electron chi connectivity index (χ2n) is 4.62. The lowest BCUT2D eigenvalue weighted by Crippen LogP contribution is -2.44. The van der Waals surface area contributed by atoms with Crippen LogP contribution in [0.1, 0.15) is 23.2 Å². The largest absolute Gasteiger partial charge is 0.369 e. The molecule has 2 amide bonds. The number of amides is 2. The number of nitrogens with zero attached hydrogens (tertiary/aromatic N) is 1. The Morgan fingerprint density at radius 3 is 2.84 bits per heavy atom. The summed E-state index contributed by atoms with van der Waals surface area (Å²) in [5, 5.41) is 0. The van der Waals surface area contributed by atoms with Crippen LogP contribution >= 0.6 is 15.9 Å². The van der Waals surface area contributed by atoms with E-state index in [1.54, 1.807) is 4.90 Å². The third-order valence-electron chi connectivity index (χ3n) is 3.27. The molecule has 1 heterocycles. The third-order valence-corrected chi connectivity index (χ3v) is 3.96. The second kappa shape index (κ2) is 5.69. The summed E-state index contributed by atoms with van der Waals surface area (Å²) in [4.78, 5) is 25.1. The first-order valence-corrected chi connectivity index (χ1v) is 6.82. The Morgan fingerprint density at radius 2 is 2.16 bits per heavy atom. The maximum absolute atomic E-state index is 13.2. The average molecular weight is 329 g/mol. The van der Waals surface area contributed by atoms with Gasteiger partial charge in [-0.2, -0.15) is 0 Å². The van der Waals surface area contributed by atoms with Crippen LogP contribution in [0.5, 0.6) is 0 Å². The molecule has 0 saturated carbocycles. The van der Waals surface area contributed by atoms with Crippen LogP contribution < -0.4 is 5.73 Å². The van der Waals surface area contributed by atoms with Crippen LogP contribution in [0.3, 0.4) is 0 Å². The van der Waals surface area contributed by atoms with Crippen LogP contribution in [0.4, 0.5) is 4.39 Å². The SMILES string of the molecule is NC(=O)C1CCCN(C(=O)c2cc(F)ccc2Br)C1. The van der Waals surface area contributed by atoms with E-state index in [9.17, 15) is 14.0 Å². The van der Waals surface area contributed by atoms with Crippen LogP contribution in [0, 0.1) is 11.7 Å². The number of piperidine rings is 1. The fraction of sp³-hybridized carbons (Fsp3) is 0.385. The van der Waals surface area contributed by atoms with Crippen molar-refractivity contribution in [1.29, 1.82) is 0 Å². The molecule has 1 atom stereocenters. The highest BCUT2D eigenvalue weighted by atomic mass is 79.9. The molecule has 2 rings (SSSR count). The minimum atomic E-state index is -0.463. The number of nitrogens with two attached hydrogens (primary N) is 1. The van der Waals surface area contributed by atoms with Gasteiger partial charge in [0.25, 0.3) is 5.91 Å². The van der Waals surface area contributed by atoms with Crippen molar-refractivity contribution in [2.45, 2.75) is 12.8 Å². The summed E-state index contributed by atoms with van der Waals surface area (Å²) < 4.78 is 13.8. The Balaban J connectivity index is 2.19. The number of carbonyl (C=O) groups excluding carboxylic acids is 2. The van der Waals surface area contributed by atoms with E-state index in [-0.39, 0.29) is 17.4 Å². The van der Waals surface area contributed by atoms with Crippen LogP contribution in [0.25, 0.3) is 0 Å². The molecule has 4 nitrogen and oxygen atoms in total. The second-order valence-corrected chi connectivity index (χ2v) is 5.47. The maximum Gasteiger partial charge on any atom is 0.255 e. The molecule has 1 aliphatic heterocycles. The molecule has 19 heavy (non-hydrogen) atoms. The fourth-order valence-electron chi connectivity index (χ4n) is 2.23. The zero-order chi connectivity index (χ0) is 14.0. The first-order chi connectivity index (χ1) is 8.99. The zero-order valence-corrected chi connectivity index (χ0v) is 11.8. The van der Waals surface area contributed by atoms with Crippen LogP contribution in [-0.4, -0.2) is 29.8 Å². The molecule has 1 aromatic rings. The van der Waals surface area contributed by atoms with Gasteiger partial charge in [0.1, 0.15) is 5.82 Å². The topological polar surface area (TPSA) is 63.4 Å². The Kier molecular flexibility index (Phi) is 4.19. The lowest BCUT2D eigenvalue weighted by Gasteiger charge is -2.31. The highest BCUT2D eigenvalue weighted by molar-refractivity contribution is 9.10. The highest BCUT2D eigenvalue weighted by Gasteiger charge is 2.28. The molecule has 6 heteroatoms. The van der Waals surface area contributed by atoms with E-state index >= 15 is 0 Å². The van der Waals surface area contributed by atoms with Gasteiger partial charge in [0.05, 0.1) is 11.5 Å². The monoisotopic (exact) mass is 328 g/mol. The number of halogens is 2. The molecule has 1 aromatic carbocycles. The number of carbonyl (C=O) groups is 2. The van der Waals surface area contributed by atoms with Gasteiger partial charge in [0, 0.05) is 17.6 Å². The van der Waals surface area contributed by atoms with Crippen molar-refractivity contribution in [1.82, 2.24) is 4.90 Å². The van der Waals surface area contributed by atoms with Crippen molar-refractivity contribution < 1.29 is 14.0 Å². The summed E-state index contributed by atoms with van der Waals surface area (Å²) in [6.45, 7) is 0.864. The van der Waals surface area contributed by atoms with E-state index in [1.165, 1.54) is 18.2 Å². The van der Waals surface area contributed by atoms with E-state index in [1.807, 2.05) is 0 Å². The van der Waals surface area contributed by atoms with Crippen molar-refractivity contribution in [3.8, 4) is 0 Å². The molecule has 0 bridgehead atoms. The lowest BCUT2D eigenvalue weighted by atomic mass is 9.97. The fourth-order valence-corrected chi connectivity index (χ4v) is 2.64. The first-order valence-electron chi connectivity index (χ1n) is 6.02. The van der Waals surface area contributed by atoms with Gasteiger partial charge in [-0.05, 0) is 47.0 Å². The van der Waals surface area contributed by atoms with Gasteiger partial charge in [-0.15, -0.1) is 0 Å². The normalized spacial score (nSPS) is 19.3. The lowest BCUT2D eigenvalue weighted by molar-refractivity contribution is -0.123. The molecule has 1 unspecified atom stereocenters. The number of benzene rings is 1. The van der Waals surface area contributed by atoms with Crippen molar-refractivity contribution in [3.63, 3.8) is 0 Å². The van der Waals surface area contributed by atoms with Crippen molar-refractivity contribution >= 4 is 27.7 Å². The van der Waals surface area contributed by atoms with Gasteiger partial charge in [-0.1, -0.05) is 0 Å². The van der Waals surface area contributed by atoms with Gasteiger partial charge in [0.15, 0.2) is 0 Å². The van der Waals surface area contributed by atoms with E-state index in [0.717, 1.165) is 6.42 Å².